The average Bonchev–Trinajstić information content (AvgIpc) is 2.88. The van der Waals surface area contributed by atoms with Gasteiger partial charge in [0.25, 0.3) is 0 Å². The summed E-state index contributed by atoms with van der Waals surface area (Å²) in [4.78, 5) is 0. The fraction of sp³-hybridized carbons (Fsp3) is 0.364. The largest absolute Gasteiger partial charge is 0.390 e. The van der Waals surface area contributed by atoms with Gasteiger partial charge >= 0.3 is 0 Å². The highest BCUT2D eigenvalue weighted by atomic mass is 35.5. The zero-order valence-corrected chi connectivity index (χ0v) is 10.8. The van der Waals surface area contributed by atoms with Crippen molar-refractivity contribution in [2.45, 2.75) is 18.6 Å². The van der Waals surface area contributed by atoms with Gasteiger partial charge in [0.05, 0.1) is 12.3 Å². The molecule has 0 saturated heterocycles. The fourth-order valence-electron chi connectivity index (χ4n) is 1.60. The maximum atomic E-state index is 9.91. The molecule has 102 valence electrons. The predicted molar refractivity (Wildman–Crippen MR) is 68.8 cm³/mol. The van der Waals surface area contributed by atoms with E-state index in [0.717, 1.165) is 0 Å². The van der Waals surface area contributed by atoms with Crippen LogP contribution in [0.1, 0.15) is 18.1 Å². The molecule has 2 aromatic heterocycles. The Morgan fingerprint density at radius 1 is 1.32 bits per heavy atom. The van der Waals surface area contributed by atoms with Crippen LogP contribution in [0.15, 0.2) is 24.5 Å². The third-order valence-electron chi connectivity index (χ3n) is 2.62. The summed E-state index contributed by atoms with van der Waals surface area (Å²) in [5, 5.41) is 31.5. The molecule has 7 nitrogen and oxygen atoms in total. The highest BCUT2D eigenvalue weighted by molar-refractivity contribution is 6.29. The summed E-state index contributed by atoms with van der Waals surface area (Å²) in [5.41, 5.74) is 5.82. The number of halogens is 1. The summed E-state index contributed by atoms with van der Waals surface area (Å²) in [6.07, 6.45) is 1.40. The molecule has 2 aromatic rings. The zero-order chi connectivity index (χ0) is 13.8. The van der Waals surface area contributed by atoms with E-state index in [1.165, 1.54) is 10.9 Å². The molecule has 0 aliphatic rings. The molecule has 2 rings (SSSR count). The van der Waals surface area contributed by atoms with E-state index in [-0.39, 0.29) is 5.15 Å². The first-order valence-electron chi connectivity index (χ1n) is 5.72. The number of aromatic nitrogens is 4. The number of hydrogen-bond donors (Lipinski definition) is 3. The lowest BCUT2D eigenvalue weighted by Crippen LogP contribution is -2.21. The van der Waals surface area contributed by atoms with Gasteiger partial charge in [-0.1, -0.05) is 11.6 Å². The number of hydrogen-bond acceptors (Lipinski definition) is 6. The first kappa shape index (κ1) is 13.9. The Morgan fingerprint density at radius 2 is 2.11 bits per heavy atom. The monoisotopic (exact) mass is 283 g/mol. The average molecular weight is 284 g/mol. The first-order chi connectivity index (χ1) is 9.11. The van der Waals surface area contributed by atoms with Gasteiger partial charge in [0.1, 0.15) is 6.10 Å². The quantitative estimate of drug-likeness (QED) is 0.716. The lowest BCUT2D eigenvalue weighted by molar-refractivity contribution is 0.0150. The van der Waals surface area contributed by atoms with Crippen LogP contribution in [-0.2, 0) is 0 Å². The van der Waals surface area contributed by atoms with Crippen molar-refractivity contribution in [3.63, 3.8) is 0 Å². The molecule has 2 unspecified atom stereocenters. The van der Waals surface area contributed by atoms with Crippen molar-refractivity contribution in [1.29, 1.82) is 0 Å². The molecule has 2 heterocycles. The Morgan fingerprint density at radius 3 is 2.74 bits per heavy atom. The summed E-state index contributed by atoms with van der Waals surface area (Å²) in [5.74, 6) is 0.469. The molecule has 0 saturated carbocycles. The molecule has 0 aromatic carbocycles. The molecular weight excluding hydrogens is 270 g/mol. The minimum Gasteiger partial charge on any atom is -0.390 e. The van der Waals surface area contributed by atoms with Crippen LogP contribution in [0.2, 0.25) is 5.15 Å². The van der Waals surface area contributed by atoms with Crippen molar-refractivity contribution in [2.75, 3.05) is 6.54 Å². The zero-order valence-electron chi connectivity index (χ0n) is 10.0. The van der Waals surface area contributed by atoms with Gasteiger partial charge in [-0.25, -0.2) is 4.68 Å². The fourth-order valence-corrected chi connectivity index (χ4v) is 1.70. The lowest BCUT2D eigenvalue weighted by atomic mass is 10.1. The SMILES string of the molecule is NCCC(O)C(O)c1cnn(-c2ccc(Cl)nn2)c1. The molecule has 0 bridgehead atoms. The maximum Gasteiger partial charge on any atom is 0.175 e. The van der Waals surface area contributed by atoms with Crippen LogP contribution in [0.25, 0.3) is 5.82 Å². The molecule has 0 fully saturated rings. The van der Waals surface area contributed by atoms with E-state index < -0.39 is 12.2 Å². The van der Waals surface area contributed by atoms with Crippen LogP contribution in [0.4, 0.5) is 0 Å². The van der Waals surface area contributed by atoms with Gasteiger partial charge in [0, 0.05) is 11.8 Å². The Labute approximate surface area is 114 Å². The predicted octanol–water partition coefficient (Wildman–Crippen LogP) is 0.0588. The number of aliphatic hydroxyl groups is 2. The van der Waals surface area contributed by atoms with Gasteiger partial charge in [-0.2, -0.15) is 5.10 Å². The molecule has 0 spiro atoms. The molecule has 0 amide bonds. The molecule has 8 heteroatoms. The number of nitrogens with zero attached hydrogens (tertiary/aromatic N) is 4. The van der Waals surface area contributed by atoms with Crippen LogP contribution < -0.4 is 5.73 Å². The van der Waals surface area contributed by atoms with Crippen molar-refractivity contribution < 1.29 is 10.2 Å². The van der Waals surface area contributed by atoms with Crippen LogP contribution in [0, 0.1) is 0 Å². The van der Waals surface area contributed by atoms with Gasteiger partial charge in [0.15, 0.2) is 11.0 Å². The summed E-state index contributed by atoms with van der Waals surface area (Å²) < 4.78 is 1.44. The van der Waals surface area contributed by atoms with E-state index >= 15 is 0 Å². The second kappa shape index (κ2) is 6.07. The third kappa shape index (κ3) is 3.27. The van der Waals surface area contributed by atoms with Gasteiger partial charge in [0.2, 0.25) is 0 Å². The summed E-state index contributed by atoms with van der Waals surface area (Å²) in [6, 6.07) is 3.24. The summed E-state index contributed by atoms with van der Waals surface area (Å²) >= 11 is 5.64. The van der Waals surface area contributed by atoms with Crippen molar-refractivity contribution in [2.24, 2.45) is 5.73 Å². The lowest BCUT2D eigenvalue weighted by Gasteiger charge is -2.15. The van der Waals surface area contributed by atoms with E-state index in [1.807, 2.05) is 0 Å². The molecule has 0 aliphatic carbocycles. The topological polar surface area (TPSA) is 110 Å². The van der Waals surface area contributed by atoms with Gasteiger partial charge < -0.3 is 15.9 Å². The van der Waals surface area contributed by atoms with Crippen molar-refractivity contribution >= 4 is 11.6 Å². The Kier molecular flexibility index (Phi) is 4.43. The number of nitrogens with two attached hydrogens (primary N) is 1. The van der Waals surface area contributed by atoms with E-state index in [1.54, 1.807) is 18.3 Å². The first-order valence-corrected chi connectivity index (χ1v) is 6.10. The van der Waals surface area contributed by atoms with Crippen LogP contribution in [-0.4, -0.2) is 42.8 Å². The van der Waals surface area contributed by atoms with Gasteiger partial charge in [-0.3, -0.25) is 0 Å². The minimum absolute atomic E-state index is 0.287. The van der Waals surface area contributed by atoms with E-state index in [4.69, 9.17) is 17.3 Å². The van der Waals surface area contributed by atoms with Crippen molar-refractivity contribution in [1.82, 2.24) is 20.0 Å². The highest BCUT2D eigenvalue weighted by Gasteiger charge is 2.19. The molecule has 0 aliphatic heterocycles. The molecule has 4 N–H and O–H groups in total. The van der Waals surface area contributed by atoms with Crippen LogP contribution in [0.5, 0.6) is 0 Å². The number of aliphatic hydroxyl groups excluding tert-OH is 2. The number of rotatable bonds is 5. The van der Waals surface area contributed by atoms with Crippen LogP contribution in [0.3, 0.4) is 0 Å². The highest BCUT2D eigenvalue weighted by Crippen LogP contribution is 2.19. The second-order valence-corrected chi connectivity index (χ2v) is 4.41. The minimum atomic E-state index is -1.03. The normalized spacial score (nSPS) is 14.3. The van der Waals surface area contributed by atoms with E-state index in [2.05, 4.69) is 15.3 Å². The maximum absolute atomic E-state index is 9.91. The Hall–Kier alpha value is -1.54. The molecule has 0 radical (unpaired) electrons. The van der Waals surface area contributed by atoms with Crippen molar-refractivity contribution in [3.05, 3.63) is 35.2 Å². The third-order valence-corrected chi connectivity index (χ3v) is 2.83. The summed E-state index contributed by atoms with van der Waals surface area (Å²) in [7, 11) is 0. The van der Waals surface area contributed by atoms with E-state index in [0.29, 0.717) is 24.3 Å². The Bertz CT molecular complexity index is 530. The van der Waals surface area contributed by atoms with Gasteiger partial charge in [-0.15, -0.1) is 10.2 Å². The smallest absolute Gasteiger partial charge is 0.175 e. The Balaban J connectivity index is 2.16. The molecular formula is C11H14ClN5O2. The molecule has 2 atom stereocenters. The standard InChI is InChI=1S/C11H14ClN5O2/c12-9-1-2-10(16-15-9)17-6-7(5-14-17)11(19)8(18)3-4-13/h1-2,5-6,8,11,18-19H,3-4,13H2. The molecule has 19 heavy (non-hydrogen) atoms. The van der Waals surface area contributed by atoms with Gasteiger partial charge in [-0.05, 0) is 25.1 Å². The van der Waals surface area contributed by atoms with E-state index in [9.17, 15) is 10.2 Å². The summed E-state index contributed by atoms with van der Waals surface area (Å²) in [6.45, 7) is 0.301. The second-order valence-electron chi connectivity index (χ2n) is 4.02. The van der Waals surface area contributed by atoms with Crippen molar-refractivity contribution in [3.8, 4) is 5.82 Å². The van der Waals surface area contributed by atoms with Crippen LogP contribution >= 0.6 is 11.6 Å².